The maximum atomic E-state index is 3.71. The number of halogens is 3. The molecule has 0 heterocycles. The van der Waals surface area contributed by atoms with Crippen LogP contribution in [0.1, 0.15) is 52.7 Å². The van der Waals surface area contributed by atoms with Crippen LogP contribution in [-0.4, -0.2) is 0 Å². The molecule has 0 saturated heterocycles. The molecule has 0 atom stereocenters. The van der Waals surface area contributed by atoms with Gasteiger partial charge < -0.3 is 5.32 Å². The molecule has 2 rings (SSSR count). The van der Waals surface area contributed by atoms with E-state index in [9.17, 15) is 0 Å². The largest absolute Gasteiger partial charge is 0.353 e. The van der Waals surface area contributed by atoms with Crippen LogP contribution in [-0.2, 0) is 10.8 Å². The summed E-state index contributed by atoms with van der Waals surface area (Å²) in [5.41, 5.74) is 4.92. The molecule has 24 heavy (non-hydrogen) atoms. The SMILES string of the molecule is CC(C)(C)c1ccc(Nc2c(Br)cc(C(C)(C)C)cc2Br)c(Br)c1. The molecule has 0 bridgehead atoms. The van der Waals surface area contributed by atoms with Crippen molar-refractivity contribution in [2.45, 2.75) is 52.4 Å². The average Bonchev–Trinajstić information content (AvgIpc) is 2.41. The van der Waals surface area contributed by atoms with Crippen LogP contribution in [0.15, 0.2) is 43.7 Å². The molecule has 1 nitrogen and oxygen atoms in total. The average molecular weight is 518 g/mol. The van der Waals surface area contributed by atoms with Crippen molar-refractivity contribution in [3.8, 4) is 0 Å². The van der Waals surface area contributed by atoms with E-state index in [0.29, 0.717) is 0 Å². The van der Waals surface area contributed by atoms with Gasteiger partial charge in [-0.25, -0.2) is 0 Å². The van der Waals surface area contributed by atoms with E-state index in [0.717, 1.165) is 24.8 Å². The number of hydrogen-bond donors (Lipinski definition) is 1. The molecule has 0 aliphatic heterocycles. The number of anilines is 2. The van der Waals surface area contributed by atoms with Gasteiger partial charge in [-0.1, -0.05) is 47.6 Å². The molecular weight excluding hydrogens is 494 g/mol. The van der Waals surface area contributed by atoms with Gasteiger partial charge in [-0.05, 0) is 94.0 Å². The molecule has 0 aromatic heterocycles. The van der Waals surface area contributed by atoms with Gasteiger partial charge in [0.25, 0.3) is 0 Å². The molecule has 130 valence electrons. The first-order chi connectivity index (χ1) is 10.9. The minimum Gasteiger partial charge on any atom is -0.353 e. The Morgan fingerprint density at radius 3 is 1.54 bits per heavy atom. The molecule has 4 heteroatoms. The molecule has 0 fully saturated rings. The van der Waals surface area contributed by atoms with Crippen LogP contribution in [0.25, 0.3) is 0 Å². The summed E-state index contributed by atoms with van der Waals surface area (Å²) in [5, 5.41) is 3.53. The molecule has 0 saturated carbocycles. The summed E-state index contributed by atoms with van der Waals surface area (Å²) in [4.78, 5) is 0. The third-order valence-electron chi connectivity index (χ3n) is 4.00. The van der Waals surface area contributed by atoms with Crippen LogP contribution in [0, 0.1) is 0 Å². The Balaban J connectivity index is 2.39. The van der Waals surface area contributed by atoms with Gasteiger partial charge in [0, 0.05) is 13.4 Å². The summed E-state index contributed by atoms with van der Waals surface area (Å²) in [5.74, 6) is 0. The van der Waals surface area contributed by atoms with E-state index >= 15 is 0 Å². The Bertz CT molecular complexity index is 729. The fourth-order valence-electron chi connectivity index (χ4n) is 2.34. The highest BCUT2D eigenvalue weighted by atomic mass is 79.9. The maximum absolute atomic E-state index is 3.71. The second-order valence-corrected chi connectivity index (χ2v) is 10.7. The van der Waals surface area contributed by atoms with Crippen molar-refractivity contribution in [2.24, 2.45) is 0 Å². The Hall–Kier alpha value is -0.320. The first-order valence-electron chi connectivity index (χ1n) is 7.96. The van der Waals surface area contributed by atoms with Gasteiger partial charge in [0.15, 0.2) is 0 Å². The van der Waals surface area contributed by atoms with Crippen LogP contribution >= 0.6 is 47.8 Å². The highest BCUT2D eigenvalue weighted by molar-refractivity contribution is 9.11. The predicted octanol–water partition coefficient (Wildman–Crippen LogP) is 8.31. The Morgan fingerprint density at radius 2 is 1.12 bits per heavy atom. The smallest absolute Gasteiger partial charge is 0.0673 e. The molecular formula is C20H24Br3N. The van der Waals surface area contributed by atoms with Crippen molar-refractivity contribution in [2.75, 3.05) is 5.32 Å². The fraction of sp³-hybridized carbons (Fsp3) is 0.400. The van der Waals surface area contributed by atoms with E-state index in [4.69, 9.17) is 0 Å². The van der Waals surface area contributed by atoms with Gasteiger partial charge in [-0.2, -0.15) is 0 Å². The third-order valence-corrected chi connectivity index (χ3v) is 5.91. The molecule has 0 amide bonds. The summed E-state index contributed by atoms with van der Waals surface area (Å²) in [7, 11) is 0. The number of nitrogens with one attached hydrogen (secondary N) is 1. The van der Waals surface area contributed by atoms with Crippen molar-refractivity contribution in [1.82, 2.24) is 0 Å². The van der Waals surface area contributed by atoms with Crippen LogP contribution < -0.4 is 5.32 Å². The maximum Gasteiger partial charge on any atom is 0.0673 e. The van der Waals surface area contributed by atoms with Crippen molar-refractivity contribution >= 4 is 59.2 Å². The molecule has 1 N–H and O–H groups in total. The molecule has 0 aliphatic rings. The van der Waals surface area contributed by atoms with Crippen molar-refractivity contribution in [1.29, 1.82) is 0 Å². The summed E-state index contributed by atoms with van der Waals surface area (Å²) >= 11 is 11.1. The summed E-state index contributed by atoms with van der Waals surface area (Å²) in [6.07, 6.45) is 0. The topological polar surface area (TPSA) is 12.0 Å². The second kappa shape index (κ2) is 7.13. The third kappa shape index (κ3) is 4.64. The van der Waals surface area contributed by atoms with Gasteiger partial charge in [0.1, 0.15) is 0 Å². The number of benzene rings is 2. The van der Waals surface area contributed by atoms with E-state index in [1.54, 1.807) is 0 Å². The molecule has 2 aromatic rings. The Kier molecular flexibility index (Phi) is 5.94. The monoisotopic (exact) mass is 515 g/mol. The van der Waals surface area contributed by atoms with Crippen LogP contribution in [0.3, 0.4) is 0 Å². The molecule has 0 aliphatic carbocycles. The molecule has 2 aromatic carbocycles. The number of rotatable bonds is 2. The second-order valence-electron chi connectivity index (χ2n) is 8.13. The van der Waals surface area contributed by atoms with E-state index in [1.807, 2.05) is 0 Å². The zero-order chi connectivity index (χ0) is 18.3. The predicted molar refractivity (Wildman–Crippen MR) is 117 cm³/mol. The van der Waals surface area contributed by atoms with E-state index in [-0.39, 0.29) is 10.8 Å². The van der Waals surface area contributed by atoms with Crippen LogP contribution in [0.2, 0.25) is 0 Å². The lowest BCUT2D eigenvalue weighted by molar-refractivity contribution is 0.589. The molecule has 0 spiro atoms. The van der Waals surface area contributed by atoms with Gasteiger partial charge in [-0.15, -0.1) is 0 Å². The van der Waals surface area contributed by atoms with Gasteiger partial charge in [0.2, 0.25) is 0 Å². The van der Waals surface area contributed by atoms with Crippen molar-refractivity contribution < 1.29 is 0 Å². The first kappa shape index (κ1) is 20.0. The Morgan fingerprint density at radius 1 is 0.667 bits per heavy atom. The Labute approximate surface area is 171 Å². The van der Waals surface area contributed by atoms with Crippen molar-refractivity contribution in [3.05, 3.63) is 54.9 Å². The minimum absolute atomic E-state index is 0.110. The minimum atomic E-state index is 0.110. The van der Waals surface area contributed by atoms with E-state index in [2.05, 4.69) is 125 Å². The molecule has 0 radical (unpaired) electrons. The van der Waals surface area contributed by atoms with Crippen molar-refractivity contribution in [3.63, 3.8) is 0 Å². The first-order valence-corrected chi connectivity index (χ1v) is 10.3. The summed E-state index contributed by atoms with van der Waals surface area (Å²) in [6.45, 7) is 13.3. The summed E-state index contributed by atoms with van der Waals surface area (Å²) in [6, 6.07) is 10.9. The van der Waals surface area contributed by atoms with Crippen LogP contribution in [0.4, 0.5) is 11.4 Å². The number of hydrogen-bond acceptors (Lipinski definition) is 1. The van der Waals surface area contributed by atoms with Gasteiger partial charge >= 0.3 is 0 Å². The standard InChI is InChI=1S/C20H24Br3N/c1-19(2,3)12-7-8-17(14(21)9-12)24-18-15(22)10-13(11-16(18)23)20(4,5)6/h7-11,24H,1-6H3. The highest BCUT2D eigenvalue weighted by Crippen LogP contribution is 2.40. The zero-order valence-electron chi connectivity index (χ0n) is 15.0. The zero-order valence-corrected chi connectivity index (χ0v) is 19.8. The van der Waals surface area contributed by atoms with Gasteiger partial charge in [0.05, 0.1) is 11.4 Å². The molecule has 0 unspecified atom stereocenters. The normalized spacial score (nSPS) is 12.4. The lowest BCUT2D eigenvalue weighted by atomic mass is 9.87. The van der Waals surface area contributed by atoms with Crippen LogP contribution in [0.5, 0.6) is 0 Å². The fourth-order valence-corrected chi connectivity index (χ4v) is 4.21. The van der Waals surface area contributed by atoms with E-state index in [1.165, 1.54) is 11.1 Å². The lowest BCUT2D eigenvalue weighted by Crippen LogP contribution is -2.12. The quantitative estimate of drug-likeness (QED) is 0.422. The van der Waals surface area contributed by atoms with E-state index < -0.39 is 0 Å². The summed E-state index contributed by atoms with van der Waals surface area (Å²) < 4.78 is 3.16. The highest BCUT2D eigenvalue weighted by Gasteiger charge is 2.19. The van der Waals surface area contributed by atoms with Gasteiger partial charge in [-0.3, -0.25) is 0 Å². The lowest BCUT2D eigenvalue weighted by Gasteiger charge is -2.23.